The fourth-order valence-corrected chi connectivity index (χ4v) is 3.96. The van der Waals surface area contributed by atoms with Crippen molar-refractivity contribution in [2.24, 2.45) is 11.0 Å². The van der Waals surface area contributed by atoms with Crippen LogP contribution in [0.5, 0.6) is 5.75 Å². The molecule has 31 heavy (non-hydrogen) atoms. The lowest BCUT2D eigenvalue weighted by Crippen LogP contribution is -2.28. The Morgan fingerprint density at radius 3 is 2.48 bits per heavy atom. The second kappa shape index (κ2) is 9.56. The van der Waals surface area contributed by atoms with E-state index in [1.807, 2.05) is 49.4 Å². The minimum Gasteiger partial charge on any atom is -0.422 e. The Morgan fingerprint density at radius 2 is 1.71 bits per heavy atom. The van der Waals surface area contributed by atoms with Crippen molar-refractivity contribution >= 4 is 28.9 Å². The number of esters is 1. The number of benzene rings is 3. The third-order valence-electron chi connectivity index (χ3n) is 5.76. The third kappa shape index (κ3) is 5.00. The van der Waals surface area contributed by atoms with Crippen molar-refractivity contribution < 1.29 is 14.3 Å². The van der Waals surface area contributed by atoms with Gasteiger partial charge in [-0.1, -0.05) is 67.3 Å². The first-order valence-electron chi connectivity index (χ1n) is 10.8. The predicted octanol–water partition coefficient (Wildman–Crippen LogP) is 5.40. The van der Waals surface area contributed by atoms with Crippen LogP contribution < -0.4 is 10.2 Å². The van der Waals surface area contributed by atoms with Gasteiger partial charge in [0, 0.05) is 11.5 Å². The Kier molecular flexibility index (Phi) is 6.41. The van der Waals surface area contributed by atoms with E-state index in [0.29, 0.717) is 16.9 Å². The Balaban J connectivity index is 1.58. The lowest BCUT2D eigenvalue weighted by atomic mass is 9.89. The summed E-state index contributed by atoms with van der Waals surface area (Å²) in [6.45, 7) is 1.97. The average Bonchev–Trinajstić information content (AvgIpc) is 2.81. The van der Waals surface area contributed by atoms with Crippen LogP contribution in [0.2, 0.25) is 0 Å². The summed E-state index contributed by atoms with van der Waals surface area (Å²) in [4.78, 5) is 25.1. The third-order valence-corrected chi connectivity index (χ3v) is 5.76. The van der Waals surface area contributed by atoms with E-state index in [2.05, 4.69) is 10.5 Å². The van der Waals surface area contributed by atoms with Gasteiger partial charge >= 0.3 is 5.97 Å². The van der Waals surface area contributed by atoms with Crippen molar-refractivity contribution in [2.45, 2.75) is 39.0 Å². The van der Waals surface area contributed by atoms with Gasteiger partial charge in [-0.25, -0.2) is 10.2 Å². The molecule has 1 fully saturated rings. The molecule has 0 bridgehead atoms. The minimum absolute atomic E-state index is 0.0252. The first-order chi connectivity index (χ1) is 15.1. The number of aryl methyl sites for hydroxylation is 1. The number of hydrazone groups is 1. The Labute approximate surface area is 182 Å². The topological polar surface area (TPSA) is 67.8 Å². The quantitative estimate of drug-likeness (QED) is 0.263. The number of ether oxygens (including phenoxy) is 1. The SMILES string of the molecule is Cc1ccc(C(=O)Oc2ccc3ccccc3c2C=NNC(=O)C2CCCCC2)cc1. The number of hydrogen-bond acceptors (Lipinski definition) is 4. The number of rotatable bonds is 5. The highest BCUT2D eigenvalue weighted by atomic mass is 16.5. The maximum absolute atomic E-state index is 12.7. The van der Waals surface area contributed by atoms with Crippen molar-refractivity contribution in [1.29, 1.82) is 0 Å². The Bertz CT molecular complexity index is 1110. The smallest absolute Gasteiger partial charge is 0.343 e. The first kappa shape index (κ1) is 20.8. The van der Waals surface area contributed by atoms with Crippen LogP contribution in [0, 0.1) is 12.8 Å². The van der Waals surface area contributed by atoms with Crippen LogP contribution in [-0.4, -0.2) is 18.1 Å². The molecule has 0 aromatic heterocycles. The van der Waals surface area contributed by atoms with Crippen molar-refractivity contribution in [1.82, 2.24) is 5.43 Å². The van der Waals surface area contributed by atoms with Gasteiger partial charge in [0.25, 0.3) is 0 Å². The number of fused-ring (bicyclic) bond motifs is 1. The lowest BCUT2D eigenvalue weighted by Gasteiger charge is -2.19. The highest BCUT2D eigenvalue weighted by molar-refractivity contribution is 6.04. The maximum Gasteiger partial charge on any atom is 0.343 e. The van der Waals surface area contributed by atoms with Gasteiger partial charge in [0.05, 0.1) is 11.8 Å². The van der Waals surface area contributed by atoms with E-state index in [9.17, 15) is 9.59 Å². The van der Waals surface area contributed by atoms with Gasteiger partial charge in [-0.2, -0.15) is 5.10 Å². The van der Waals surface area contributed by atoms with Gasteiger partial charge in [-0.15, -0.1) is 0 Å². The van der Waals surface area contributed by atoms with Crippen molar-refractivity contribution in [3.8, 4) is 5.75 Å². The monoisotopic (exact) mass is 414 g/mol. The van der Waals surface area contributed by atoms with Crippen LogP contribution in [0.3, 0.4) is 0 Å². The average molecular weight is 415 g/mol. The molecule has 1 N–H and O–H groups in total. The highest BCUT2D eigenvalue weighted by Crippen LogP contribution is 2.28. The van der Waals surface area contributed by atoms with Gasteiger partial charge in [0.2, 0.25) is 5.91 Å². The summed E-state index contributed by atoms with van der Waals surface area (Å²) >= 11 is 0. The molecule has 0 atom stereocenters. The second-order valence-corrected chi connectivity index (χ2v) is 8.02. The number of carbonyl (C=O) groups excluding carboxylic acids is 2. The summed E-state index contributed by atoms with van der Waals surface area (Å²) in [5, 5.41) is 6.10. The van der Waals surface area contributed by atoms with Gasteiger partial charge < -0.3 is 4.74 Å². The van der Waals surface area contributed by atoms with Gasteiger partial charge in [-0.05, 0) is 48.7 Å². The largest absolute Gasteiger partial charge is 0.422 e. The molecule has 1 amide bonds. The molecule has 0 unspecified atom stereocenters. The van der Waals surface area contributed by atoms with Crippen LogP contribution in [-0.2, 0) is 4.79 Å². The van der Waals surface area contributed by atoms with E-state index >= 15 is 0 Å². The number of nitrogens with zero attached hydrogens (tertiary/aromatic N) is 1. The number of amides is 1. The molecule has 3 aromatic carbocycles. The molecule has 0 aliphatic heterocycles. The van der Waals surface area contributed by atoms with Crippen molar-refractivity contribution in [2.75, 3.05) is 0 Å². The zero-order chi connectivity index (χ0) is 21.6. The van der Waals surface area contributed by atoms with Crippen LogP contribution in [0.4, 0.5) is 0 Å². The molecule has 0 saturated heterocycles. The molecule has 3 aromatic rings. The highest BCUT2D eigenvalue weighted by Gasteiger charge is 2.20. The number of nitrogens with one attached hydrogen (secondary N) is 1. The summed E-state index contributed by atoms with van der Waals surface area (Å²) < 4.78 is 5.71. The van der Waals surface area contributed by atoms with E-state index < -0.39 is 5.97 Å². The van der Waals surface area contributed by atoms with Gasteiger partial charge in [-0.3, -0.25) is 4.79 Å². The summed E-state index contributed by atoms with van der Waals surface area (Å²) in [6, 6.07) is 18.7. The molecular weight excluding hydrogens is 388 g/mol. The molecule has 5 heteroatoms. The van der Waals surface area contributed by atoms with E-state index in [-0.39, 0.29) is 11.8 Å². The first-order valence-corrected chi connectivity index (χ1v) is 10.8. The lowest BCUT2D eigenvalue weighted by molar-refractivity contribution is -0.125. The van der Waals surface area contributed by atoms with E-state index in [4.69, 9.17) is 4.74 Å². The molecule has 1 aliphatic rings. The van der Waals surface area contributed by atoms with Crippen LogP contribution >= 0.6 is 0 Å². The summed E-state index contributed by atoms with van der Waals surface area (Å²) in [5.41, 5.74) is 4.88. The molecular formula is C26H26N2O3. The van der Waals surface area contributed by atoms with Crippen LogP contribution in [0.15, 0.2) is 65.8 Å². The molecule has 1 saturated carbocycles. The molecule has 0 heterocycles. The van der Waals surface area contributed by atoms with Crippen molar-refractivity contribution in [3.63, 3.8) is 0 Å². The normalized spacial score (nSPS) is 14.6. The predicted molar refractivity (Wildman–Crippen MR) is 122 cm³/mol. The summed E-state index contributed by atoms with van der Waals surface area (Å²) in [6.07, 6.45) is 6.76. The fraction of sp³-hybridized carbons (Fsp3) is 0.269. The molecule has 158 valence electrons. The maximum atomic E-state index is 12.7. The minimum atomic E-state index is -0.434. The number of hydrogen-bond donors (Lipinski definition) is 1. The van der Waals surface area contributed by atoms with E-state index in [1.165, 1.54) is 6.42 Å². The van der Waals surface area contributed by atoms with Crippen molar-refractivity contribution in [3.05, 3.63) is 77.4 Å². The molecule has 4 rings (SSSR count). The standard InChI is InChI=1S/C26H26N2O3/c1-18-11-13-21(14-12-18)26(30)31-24-16-15-19-7-5-6-10-22(19)23(24)17-27-28-25(29)20-8-3-2-4-9-20/h5-7,10-17,20H,2-4,8-9H2,1H3,(H,28,29). The van der Waals surface area contributed by atoms with Gasteiger partial charge in [0.1, 0.15) is 5.75 Å². The van der Waals surface area contributed by atoms with E-state index in [0.717, 1.165) is 42.0 Å². The molecule has 0 spiro atoms. The van der Waals surface area contributed by atoms with Crippen LogP contribution in [0.1, 0.15) is 53.6 Å². The summed E-state index contributed by atoms with van der Waals surface area (Å²) in [5.74, 6) is -0.0530. The van der Waals surface area contributed by atoms with E-state index in [1.54, 1.807) is 24.4 Å². The molecule has 1 aliphatic carbocycles. The Morgan fingerprint density at radius 1 is 0.968 bits per heavy atom. The Hall–Kier alpha value is -3.47. The molecule has 0 radical (unpaired) electrons. The number of carbonyl (C=O) groups is 2. The van der Waals surface area contributed by atoms with Gasteiger partial charge in [0.15, 0.2) is 0 Å². The fourth-order valence-electron chi connectivity index (χ4n) is 3.96. The second-order valence-electron chi connectivity index (χ2n) is 8.02. The summed E-state index contributed by atoms with van der Waals surface area (Å²) in [7, 11) is 0. The zero-order valence-corrected chi connectivity index (χ0v) is 17.6. The zero-order valence-electron chi connectivity index (χ0n) is 17.6. The molecule has 5 nitrogen and oxygen atoms in total. The van der Waals surface area contributed by atoms with Crippen LogP contribution in [0.25, 0.3) is 10.8 Å².